The topological polar surface area (TPSA) is 24.9 Å². The molecule has 0 aliphatic heterocycles. The summed E-state index contributed by atoms with van der Waals surface area (Å²) < 4.78 is 0. The molecule has 0 aliphatic carbocycles. The lowest BCUT2D eigenvalue weighted by Crippen LogP contribution is -2.31. The lowest BCUT2D eigenvalue weighted by Gasteiger charge is -2.19. The highest BCUT2D eigenvalue weighted by Crippen LogP contribution is 2.11. The van der Waals surface area contributed by atoms with Crippen LogP contribution in [0.25, 0.3) is 0 Å². The van der Waals surface area contributed by atoms with Gasteiger partial charge in [0.2, 0.25) is 0 Å². The molecule has 2 rings (SSSR count). The molecule has 0 saturated heterocycles. The minimum Gasteiger partial charge on any atom is -0.306 e. The van der Waals surface area contributed by atoms with Crippen LogP contribution in [0.2, 0.25) is 0 Å². The van der Waals surface area contributed by atoms with Gasteiger partial charge in [-0.1, -0.05) is 36.4 Å². The van der Waals surface area contributed by atoms with Crippen molar-refractivity contribution in [2.45, 2.75) is 32.4 Å². The molecule has 0 amide bonds. The first-order valence-electron chi connectivity index (χ1n) is 6.46. The standard InChI is InChI=1S/C16H20N2/c1-13(12-15-8-4-3-5-9-15)18-14(2)16-10-6-7-11-17-16/h3-11,13-14,18H,12H2,1-2H3/t13?,14-/m1/s1. The summed E-state index contributed by atoms with van der Waals surface area (Å²) in [4.78, 5) is 4.38. The number of benzene rings is 1. The Hall–Kier alpha value is -1.67. The maximum absolute atomic E-state index is 4.38. The van der Waals surface area contributed by atoms with Crippen molar-refractivity contribution in [1.29, 1.82) is 0 Å². The molecule has 18 heavy (non-hydrogen) atoms. The third-order valence-corrected chi connectivity index (χ3v) is 3.05. The van der Waals surface area contributed by atoms with E-state index in [9.17, 15) is 0 Å². The third kappa shape index (κ3) is 3.67. The van der Waals surface area contributed by atoms with Crippen LogP contribution >= 0.6 is 0 Å². The second-order valence-corrected chi connectivity index (χ2v) is 4.73. The zero-order valence-electron chi connectivity index (χ0n) is 11.0. The Kier molecular flexibility index (Phi) is 4.48. The van der Waals surface area contributed by atoms with Crippen molar-refractivity contribution in [3.8, 4) is 0 Å². The van der Waals surface area contributed by atoms with Gasteiger partial charge in [0.1, 0.15) is 0 Å². The van der Waals surface area contributed by atoms with E-state index in [0.717, 1.165) is 12.1 Å². The predicted octanol–water partition coefficient (Wildman–Crippen LogP) is 3.36. The minimum atomic E-state index is 0.282. The third-order valence-electron chi connectivity index (χ3n) is 3.05. The van der Waals surface area contributed by atoms with E-state index < -0.39 is 0 Å². The summed E-state index contributed by atoms with van der Waals surface area (Å²) in [5.74, 6) is 0. The zero-order valence-corrected chi connectivity index (χ0v) is 11.0. The van der Waals surface area contributed by atoms with Crippen LogP contribution in [0.1, 0.15) is 31.1 Å². The molecule has 1 aromatic heterocycles. The van der Waals surface area contributed by atoms with Crippen molar-refractivity contribution >= 4 is 0 Å². The number of nitrogens with zero attached hydrogens (tertiary/aromatic N) is 1. The van der Waals surface area contributed by atoms with Gasteiger partial charge in [-0.2, -0.15) is 0 Å². The van der Waals surface area contributed by atoms with Crippen LogP contribution in [-0.4, -0.2) is 11.0 Å². The Balaban J connectivity index is 1.90. The van der Waals surface area contributed by atoms with E-state index in [0.29, 0.717) is 6.04 Å². The molecule has 1 aromatic carbocycles. The second kappa shape index (κ2) is 6.31. The lowest BCUT2D eigenvalue weighted by molar-refractivity contribution is 0.470. The largest absolute Gasteiger partial charge is 0.306 e. The monoisotopic (exact) mass is 240 g/mol. The molecular weight excluding hydrogens is 220 g/mol. The highest BCUT2D eigenvalue weighted by Gasteiger charge is 2.10. The van der Waals surface area contributed by atoms with E-state index in [1.54, 1.807) is 0 Å². The highest BCUT2D eigenvalue weighted by molar-refractivity contribution is 5.16. The van der Waals surface area contributed by atoms with E-state index >= 15 is 0 Å². The van der Waals surface area contributed by atoms with Gasteiger partial charge in [-0.05, 0) is 38.0 Å². The summed E-state index contributed by atoms with van der Waals surface area (Å²) >= 11 is 0. The fraction of sp³-hybridized carbons (Fsp3) is 0.312. The molecule has 2 nitrogen and oxygen atoms in total. The molecule has 2 heteroatoms. The lowest BCUT2D eigenvalue weighted by atomic mass is 10.1. The Morgan fingerprint density at radius 2 is 1.72 bits per heavy atom. The number of hydrogen-bond acceptors (Lipinski definition) is 2. The maximum atomic E-state index is 4.38. The van der Waals surface area contributed by atoms with Crippen molar-refractivity contribution in [2.24, 2.45) is 0 Å². The molecule has 2 aromatic rings. The van der Waals surface area contributed by atoms with E-state index in [4.69, 9.17) is 0 Å². The molecule has 1 heterocycles. The number of rotatable bonds is 5. The summed E-state index contributed by atoms with van der Waals surface area (Å²) in [6, 6.07) is 17.3. The van der Waals surface area contributed by atoms with Gasteiger partial charge in [0.05, 0.1) is 5.69 Å². The molecule has 1 unspecified atom stereocenters. The van der Waals surface area contributed by atoms with Crippen LogP contribution in [-0.2, 0) is 6.42 Å². The van der Waals surface area contributed by atoms with Crippen LogP contribution in [0.15, 0.2) is 54.7 Å². The van der Waals surface area contributed by atoms with Gasteiger partial charge in [0.25, 0.3) is 0 Å². The molecule has 0 spiro atoms. The van der Waals surface area contributed by atoms with E-state index in [2.05, 4.69) is 60.5 Å². The molecule has 0 fully saturated rings. The average molecular weight is 240 g/mol. The molecule has 2 atom stereocenters. The summed E-state index contributed by atoms with van der Waals surface area (Å²) in [5, 5.41) is 3.58. The van der Waals surface area contributed by atoms with Crippen LogP contribution in [0.4, 0.5) is 0 Å². The molecule has 0 bridgehead atoms. The number of aromatic nitrogens is 1. The van der Waals surface area contributed by atoms with Gasteiger partial charge >= 0.3 is 0 Å². The van der Waals surface area contributed by atoms with Crippen molar-refractivity contribution in [1.82, 2.24) is 10.3 Å². The van der Waals surface area contributed by atoms with Gasteiger partial charge in [0, 0.05) is 18.3 Å². The summed E-state index contributed by atoms with van der Waals surface area (Å²) in [5.41, 5.74) is 2.46. The molecule has 0 radical (unpaired) electrons. The molecule has 0 aliphatic rings. The molecular formula is C16H20N2. The molecule has 1 N–H and O–H groups in total. The fourth-order valence-corrected chi connectivity index (χ4v) is 2.17. The minimum absolute atomic E-state index is 0.282. The first kappa shape index (κ1) is 12.8. The van der Waals surface area contributed by atoms with Crippen LogP contribution < -0.4 is 5.32 Å². The Bertz CT molecular complexity index is 453. The Labute approximate surface area is 109 Å². The van der Waals surface area contributed by atoms with E-state index in [1.165, 1.54) is 5.56 Å². The van der Waals surface area contributed by atoms with Crippen molar-refractivity contribution in [2.75, 3.05) is 0 Å². The van der Waals surface area contributed by atoms with Crippen LogP contribution in [0.5, 0.6) is 0 Å². The number of hydrogen-bond donors (Lipinski definition) is 1. The smallest absolute Gasteiger partial charge is 0.0570 e. The number of nitrogens with one attached hydrogen (secondary N) is 1. The zero-order chi connectivity index (χ0) is 12.8. The summed E-state index contributed by atoms with van der Waals surface area (Å²) in [6.07, 6.45) is 2.88. The summed E-state index contributed by atoms with van der Waals surface area (Å²) in [7, 11) is 0. The SMILES string of the molecule is CC(Cc1ccccc1)N[C@H](C)c1ccccn1. The average Bonchev–Trinajstić information content (AvgIpc) is 2.40. The van der Waals surface area contributed by atoms with Gasteiger partial charge < -0.3 is 5.32 Å². The van der Waals surface area contributed by atoms with Gasteiger partial charge in [-0.25, -0.2) is 0 Å². The van der Waals surface area contributed by atoms with Gasteiger partial charge in [-0.15, -0.1) is 0 Å². The Morgan fingerprint density at radius 1 is 1.00 bits per heavy atom. The maximum Gasteiger partial charge on any atom is 0.0570 e. The Morgan fingerprint density at radius 3 is 2.39 bits per heavy atom. The normalized spacial score (nSPS) is 14.1. The quantitative estimate of drug-likeness (QED) is 0.866. The number of pyridine rings is 1. The van der Waals surface area contributed by atoms with Crippen LogP contribution in [0.3, 0.4) is 0 Å². The van der Waals surface area contributed by atoms with Crippen molar-refractivity contribution < 1.29 is 0 Å². The molecule has 94 valence electrons. The predicted molar refractivity (Wildman–Crippen MR) is 75.4 cm³/mol. The van der Waals surface area contributed by atoms with E-state index in [1.807, 2.05) is 18.3 Å². The van der Waals surface area contributed by atoms with E-state index in [-0.39, 0.29) is 6.04 Å². The fourth-order valence-electron chi connectivity index (χ4n) is 2.17. The highest BCUT2D eigenvalue weighted by atomic mass is 15.0. The van der Waals surface area contributed by atoms with Gasteiger partial charge in [0.15, 0.2) is 0 Å². The van der Waals surface area contributed by atoms with Crippen molar-refractivity contribution in [3.63, 3.8) is 0 Å². The van der Waals surface area contributed by atoms with Crippen molar-refractivity contribution in [3.05, 3.63) is 66.0 Å². The molecule has 0 saturated carbocycles. The summed E-state index contributed by atoms with van der Waals surface area (Å²) in [6.45, 7) is 4.37. The van der Waals surface area contributed by atoms with Gasteiger partial charge in [-0.3, -0.25) is 4.98 Å². The first-order chi connectivity index (χ1) is 8.75. The first-order valence-corrected chi connectivity index (χ1v) is 6.46. The van der Waals surface area contributed by atoms with Crippen LogP contribution in [0, 0.1) is 0 Å². The second-order valence-electron chi connectivity index (χ2n) is 4.73.